The second-order valence-electron chi connectivity index (χ2n) is 6.30. The van der Waals surface area contributed by atoms with E-state index in [-0.39, 0.29) is 12.4 Å². The van der Waals surface area contributed by atoms with Gasteiger partial charge in [0.15, 0.2) is 6.61 Å². The first-order chi connectivity index (χ1) is 13.0. The van der Waals surface area contributed by atoms with Crippen molar-refractivity contribution in [3.05, 3.63) is 88.9 Å². The Hall–Kier alpha value is -3.34. The SMILES string of the molecule is Cc1ccc(C(=O)COC(=O)c2ccccc2NCc2ccco2)c(C)c1. The number of aryl methyl sites for hydroxylation is 2. The lowest BCUT2D eigenvalue weighted by Gasteiger charge is -2.11. The molecule has 0 atom stereocenters. The van der Waals surface area contributed by atoms with Gasteiger partial charge in [0.05, 0.1) is 18.4 Å². The molecule has 0 aliphatic heterocycles. The predicted molar refractivity (Wildman–Crippen MR) is 103 cm³/mol. The molecule has 27 heavy (non-hydrogen) atoms. The first kappa shape index (κ1) is 18.5. The second kappa shape index (κ2) is 8.36. The van der Waals surface area contributed by atoms with E-state index in [1.807, 2.05) is 38.1 Å². The van der Waals surface area contributed by atoms with Crippen LogP contribution in [0.25, 0.3) is 0 Å². The maximum atomic E-state index is 12.5. The third-order valence-corrected chi connectivity index (χ3v) is 4.20. The van der Waals surface area contributed by atoms with Crippen LogP contribution in [0.3, 0.4) is 0 Å². The second-order valence-corrected chi connectivity index (χ2v) is 6.30. The largest absolute Gasteiger partial charge is 0.467 e. The number of nitrogens with one attached hydrogen (secondary N) is 1. The highest BCUT2D eigenvalue weighted by atomic mass is 16.5. The lowest BCUT2D eigenvalue weighted by Crippen LogP contribution is -2.16. The minimum absolute atomic E-state index is 0.220. The topological polar surface area (TPSA) is 68.5 Å². The van der Waals surface area contributed by atoms with Crippen LogP contribution in [0.5, 0.6) is 0 Å². The molecule has 0 fully saturated rings. The smallest absolute Gasteiger partial charge is 0.340 e. The lowest BCUT2D eigenvalue weighted by atomic mass is 10.0. The number of carbonyl (C=O) groups excluding carboxylic acids is 2. The number of hydrogen-bond donors (Lipinski definition) is 1. The Morgan fingerprint density at radius 2 is 1.81 bits per heavy atom. The lowest BCUT2D eigenvalue weighted by molar-refractivity contribution is 0.0475. The van der Waals surface area contributed by atoms with Crippen LogP contribution in [-0.4, -0.2) is 18.4 Å². The van der Waals surface area contributed by atoms with Gasteiger partial charge in [-0.1, -0.05) is 35.9 Å². The minimum Gasteiger partial charge on any atom is -0.467 e. The molecule has 1 aromatic heterocycles. The number of ether oxygens (including phenoxy) is 1. The maximum absolute atomic E-state index is 12.5. The molecule has 5 heteroatoms. The van der Waals surface area contributed by atoms with Gasteiger partial charge in [-0.15, -0.1) is 0 Å². The summed E-state index contributed by atoms with van der Waals surface area (Å²) < 4.78 is 10.5. The van der Waals surface area contributed by atoms with E-state index in [4.69, 9.17) is 9.15 Å². The zero-order valence-electron chi connectivity index (χ0n) is 15.3. The molecule has 0 amide bonds. The Balaban J connectivity index is 1.64. The van der Waals surface area contributed by atoms with Crippen LogP contribution in [-0.2, 0) is 11.3 Å². The van der Waals surface area contributed by atoms with Crippen molar-refractivity contribution in [2.75, 3.05) is 11.9 Å². The summed E-state index contributed by atoms with van der Waals surface area (Å²) in [5, 5.41) is 3.15. The summed E-state index contributed by atoms with van der Waals surface area (Å²) in [6, 6.07) is 16.2. The van der Waals surface area contributed by atoms with Crippen molar-refractivity contribution in [1.82, 2.24) is 0 Å². The van der Waals surface area contributed by atoms with Crippen LogP contribution in [0.1, 0.15) is 37.6 Å². The van der Waals surface area contributed by atoms with E-state index in [1.165, 1.54) is 0 Å². The molecule has 2 aromatic carbocycles. The van der Waals surface area contributed by atoms with Gasteiger partial charge in [0.2, 0.25) is 5.78 Å². The van der Waals surface area contributed by atoms with Gasteiger partial charge in [0, 0.05) is 11.3 Å². The summed E-state index contributed by atoms with van der Waals surface area (Å²) >= 11 is 0. The molecule has 0 saturated heterocycles. The van der Waals surface area contributed by atoms with Crippen molar-refractivity contribution in [3.8, 4) is 0 Å². The quantitative estimate of drug-likeness (QED) is 0.493. The fourth-order valence-electron chi connectivity index (χ4n) is 2.82. The Bertz CT molecular complexity index is 945. The van der Waals surface area contributed by atoms with E-state index in [9.17, 15) is 9.59 Å². The number of anilines is 1. The Morgan fingerprint density at radius 3 is 2.56 bits per heavy atom. The minimum atomic E-state index is -0.546. The summed E-state index contributed by atoms with van der Waals surface area (Å²) in [6.07, 6.45) is 1.59. The summed E-state index contributed by atoms with van der Waals surface area (Å²) in [6.45, 7) is 3.98. The normalized spacial score (nSPS) is 10.4. The first-order valence-electron chi connectivity index (χ1n) is 8.67. The number of para-hydroxylation sites is 1. The Labute approximate surface area is 158 Å². The van der Waals surface area contributed by atoms with Crippen LogP contribution >= 0.6 is 0 Å². The standard InChI is InChI=1S/C22H21NO4/c1-15-9-10-18(16(2)12-15)21(24)14-27-22(25)19-7-3-4-8-20(19)23-13-17-6-5-11-26-17/h3-12,23H,13-14H2,1-2H3. The molecule has 1 heterocycles. The van der Waals surface area contributed by atoms with Gasteiger partial charge < -0.3 is 14.5 Å². The van der Waals surface area contributed by atoms with Crippen LogP contribution in [0.4, 0.5) is 5.69 Å². The van der Waals surface area contributed by atoms with Crippen molar-refractivity contribution < 1.29 is 18.7 Å². The van der Waals surface area contributed by atoms with Crippen LogP contribution in [0.15, 0.2) is 65.3 Å². The summed E-state index contributed by atoms with van der Waals surface area (Å²) in [4.78, 5) is 24.8. The number of furan rings is 1. The van der Waals surface area contributed by atoms with Gasteiger partial charge in [0.1, 0.15) is 5.76 Å². The van der Waals surface area contributed by atoms with Crippen molar-refractivity contribution in [2.45, 2.75) is 20.4 Å². The van der Waals surface area contributed by atoms with E-state index in [0.29, 0.717) is 23.4 Å². The number of carbonyl (C=O) groups is 2. The maximum Gasteiger partial charge on any atom is 0.340 e. The van der Waals surface area contributed by atoms with Gasteiger partial charge >= 0.3 is 5.97 Å². The average molecular weight is 363 g/mol. The van der Waals surface area contributed by atoms with Crippen molar-refractivity contribution >= 4 is 17.4 Å². The summed E-state index contributed by atoms with van der Waals surface area (Å²) in [5.41, 5.74) is 3.52. The zero-order valence-corrected chi connectivity index (χ0v) is 15.3. The van der Waals surface area contributed by atoms with Crippen LogP contribution in [0, 0.1) is 13.8 Å². The van der Waals surface area contributed by atoms with E-state index in [1.54, 1.807) is 36.6 Å². The molecular formula is C22H21NO4. The fraction of sp³-hybridized carbons (Fsp3) is 0.182. The zero-order chi connectivity index (χ0) is 19.2. The van der Waals surface area contributed by atoms with Crippen LogP contribution in [0.2, 0.25) is 0 Å². The molecule has 0 unspecified atom stereocenters. The number of esters is 1. The number of benzene rings is 2. The number of Topliss-reactive ketones (excluding diaryl/α,β-unsaturated/α-hetero) is 1. The highest BCUT2D eigenvalue weighted by molar-refractivity contribution is 6.01. The molecule has 0 aliphatic carbocycles. The predicted octanol–water partition coefficient (Wildman–Crippen LogP) is 4.55. The molecule has 0 bridgehead atoms. The Kier molecular flexibility index (Phi) is 5.71. The van der Waals surface area contributed by atoms with Gasteiger partial charge in [0.25, 0.3) is 0 Å². The molecule has 0 radical (unpaired) electrons. The highest BCUT2D eigenvalue weighted by Gasteiger charge is 2.16. The molecule has 3 aromatic rings. The van der Waals surface area contributed by atoms with E-state index in [0.717, 1.165) is 16.9 Å². The number of hydrogen-bond acceptors (Lipinski definition) is 5. The monoisotopic (exact) mass is 363 g/mol. The molecule has 5 nitrogen and oxygen atoms in total. The van der Waals surface area contributed by atoms with Gasteiger partial charge in [-0.2, -0.15) is 0 Å². The number of ketones is 1. The van der Waals surface area contributed by atoms with Crippen molar-refractivity contribution in [1.29, 1.82) is 0 Å². The Morgan fingerprint density at radius 1 is 1.00 bits per heavy atom. The molecule has 138 valence electrons. The van der Waals surface area contributed by atoms with E-state index < -0.39 is 5.97 Å². The molecule has 0 aliphatic rings. The van der Waals surface area contributed by atoms with Gasteiger partial charge in [-0.3, -0.25) is 4.79 Å². The first-order valence-corrected chi connectivity index (χ1v) is 8.67. The summed E-state index contributed by atoms with van der Waals surface area (Å²) in [5.74, 6) is -0.0132. The molecule has 3 rings (SSSR count). The highest BCUT2D eigenvalue weighted by Crippen LogP contribution is 2.18. The third kappa shape index (κ3) is 4.64. The molecule has 1 N–H and O–H groups in total. The van der Waals surface area contributed by atoms with Crippen molar-refractivity contribution in [2.24, 2.45) is 0 Å². The van der Waals surface area contributed by atoms with Crippen molar-refractivity contribution in [3.63, 3.8) is 0 Å². The summed E-state index contributed by atoms with van der Waals surface area (Å²) in [7, 11) is 0. The fourth-order valence-corrected chi connectivity index (χ4v) is 2.82. The average Bonchev–Trinajstić information content (AvgIpc) is 3.18. The van der Waals surface area contributed by atoms with Crippen LogP contribution < -0.4 is 5.32 Å². The van der Waals surface area contributed by atoms with E-state index in [2.05, 4.69) is 5.32 Å². The molecular weight excluding hydrogens is 342 g/mol. The molecule has 0 spiro atoms. The van der Waals surface area contributed by atoms with Gasteiger partial charge in [-0.05, 0) is 43.7 Å². The number of rotatable bonds is 7. The third-order valence-electron chi connectivity index (χ3n) is 4.20. The molecule has 0 saturated carbocycles. The van der Waals surface area contributed by atoms with E-state index >= 15 is 0 Å². The van der Waals surface area contributed by atoms with Gasteiger partial charge in [-0.25, -0.2) is 4.79 Å².